The lowest BCUT2D eigenvalue weighted by Gasteiger charge is -2.31. The van der Waals surface area contributed by atoms with Crippen LogP contribution >= 0.6 is 0 Å². The Bertz CT molecular complexity index is 886. The van der Waals surface area contributed by atoms with Crippen molar-refractivity contribution in [2.24, 2.45) is 0 Å². The van der Waals surface area contributed by atoms with Crippen molar-refractivity contribution in [2.75, 3.05) is 19.6 Å². The zero-order chi connectivity index (χ0) is 18.5. The van der Waals surface area contributed by atoms with Crippen molar-refractivity contribution in [1.29, 1.82) is 0 Å². The molecule has 1 N–H and O–H groups in total. The molecule has 1 atom stereocenters. The van der Waals surface area contributed by atoms with E-state index in [0.717, 1.165) is 13.1 Å². The lowest BCUT2D eigenvalue weighted by molar-refractivity contribution is 0.0932. The maximum Gasteiger partial charge on any atom is 0.252 e. The summed E-state index contributed by atoms with van der Waals surface area (Å²) in [6, 6.07) is 14.1. The highest BCUT2D eigenvalue weighted by Gasteiger charge is 2.22. The van der Waals surface area contributed by atoms with E-state index in [1.54, 1.807) is 18.3 Å². The minimum absolute atomic E-state index is 0.108. The summed E-state index contributed by atoms with van der Waals surface area (Å²) in [5, 5.41) is 14.4. The summed E-state index contributed by atoms with van der Waals surface area (Å²) in [6.45, 7) is 2.73. The monoisotopic (exact) mass is 364 g/mol. The van der Waals surface area contributed by atoms with Gasteiger partial charge in [-0.3, -0.25) is 9.69 Å². The molecule has 1 aliphatic heterocycles. The number of hydrogen-bond acceptors (Lipinski definition) is 5. The van der Waals surface area contributed by atoms with Crippen LogP contribution in [0.15, 0.2) is 48.7 Å². The van der Waals surface area contributed by atoms with Crippen LogP contribution in [0.4, 0.5) is 0 Å². The highest BCUT2D eigenvalue weighted by molar-refractivity contribution is 5.94. The standard InChI is InChI=1S/C20H24N6O/c27-20(17-10-11-19-22-23-24-26(19)15-17)21-14-18(16-8-4-3-5-9-16)25-12-6-1-2-7-13-25/h3-5,8-11,15,18H,1-2,6-7,12-14H2,(H,21,27)/t18-/m1/s1. The minimum Gasteiger partial charge on any atom is -0.350 e. The molecule has 3 heterocycles. The number of amides is 1. The number of aromatic nitrogens is 4. The van der Waals surface area contributed by atoms with E-state index in [2.05, 4.69) is 50.0 Å². The first-order chi connectivity index (χ1) is 13.3. The van der Waals surface area contributed by atoms with Crippen LogP contribution in [-0.2, 0) is 0 Å². The average Bonchev–Trinajstić information content (AvgIpc) is 3.02. The lowest BCUT2D eigenvalue weighted by Crippen LogP contribution is -2.38. The number of hydrogen-bond donors (Lipinski definition) is 1. The molecule has 0 saturated carbocycles. The van der Waals surface area contributed by atoms with E-state index < -0.39 is 0 Å². The second-order valence-corrected chi connectivity index (χ2v) is 6.99. The van der Waals surface area contributed by atoms with E-state index in [-0.39, 0.29) is 11.9 Å². The summed E-state index contributed by atoms with van der Waals surface area (Å²) in [4.78, 5) is 15.2. The van der Waals surface area contributed by atoms with Gasteiger partial charge in [0.1, 0.15) is 0 Å². The molecule has 1 fully saturated rings. The van der Waals surface area contributed by atoms with Crippen molar-refractivity contribution in [1.82, 2.24) is 30.3 Å². The number of carbonyl (C=O) groups is 1. The average molecular weight is 364 g/mol. The molecule has 3 aromatic rings. The third-order valence-corrected chi connectivity index (χ3v) is 5.18. The van der Waals surface area contributed by atoms with Crippen LogP contribution in [-0.4, -0.2) is 50.5 Å². The van der Waals surface area contributed by atoms with Crippen LogP contribution in [0.1, 0.15) is 47.6 Å². The molecule has 7 nitrogen and oxygen atoms in total. The predicted octanol–water partition coefficient (Wildman–Crippen LogP) is 2.47. The molecule has 0 aliphatic carbocycles. The Morgan fingerprint density at radius 3 is 2.59 bits per heavy atom. The maximum atomic E-state index is 12.7. The molecule has 0 radical (unpaired) electrons. The number of likely N-dealkylation sites (tertiary alicyclic amines) is 1. The van der Waals surface area contributed by atoms with Gasteiger partial charge in [-0.2, -0.15) is 4.52 Å². The molecule has 0 bridgehead atoms. The lowest BCUT2D eigenvalue weighted by atomic mass is 10.0. The second-order valence-electron chi connectivity index (χ2n) is 6.99. The van der Waals surface area contributed by atoms with Gasteiger partial charge in [0, 0.05) is 12.7 Å². The Balaban J connectivity index is 1.49. The summed E-state index contributed by atoms with van der Waals surface area (Å²) in [5.74, 6) is -0.108. The zero-order valence-corrected chi connectivity index (χ0v) is 15.3. The van der Waals surface area contributed by atoms with Crippen LogP contribution in [0.25, 0.3) is 5.65 Å². The van der Waals surface area contributed by atoms with Crippen LogP contribution < -0.4 is 5.32 Å². The molecule has 1 aromatic carbocycles. The fourth-order valence-corrected chi connectivity index (χ4v) is 3.71. The normalized spacial score (nSPS) is 16.7. The van der Waals surface area contributed by atoms with E-state index in [4.69, 9.17) is 0 Å². The van der Waals surface area contributed by atoms with E-state index in [1.807, 2.05) is 6.07 Å². The minimum atomic E-state index is -0.108. The van der Waals surface area contributed by atoms with Crippen molar-refractivity contribution >= 4 is 11.6 Å². The largest absolute Gasteiger partial charge is 0.350 e. The Labute approximate surface area is 158 Å². The van der Waals surface area contributed by atoms with Crippen molar-refractivity contribution in [3.05, 3.63) is 59.8 Å². The molecule has 2 aromatic heterocycles. The van der Waals surface area contributed by atoms with Gasteiger partial charge >= 0.3 is 0 Å². The van der Waals surface area contributed by atoms with E-state index >= 15 is 0 Å². The zero-order valence-electron chi connectivity index (χ0n) is 15.3. The third-order valence-electron chi connectivity index (χ3n) is 5.18. The molecule has 140 valence electrons. The van der Waals surface area contributed by atoms with Gasteiger partial charge in [-0.1, -0.05) is 43.2 Å². The van der Waals surface area contributed by atoms with Gasteiger partial charge in [-0.25, -0.2) is 0 Å². The van der Waals surface area contributed by atoms with Gasteiger partial charge in [0.15, 0.2) is 5.65 Å². The highest BCUT2D eigenvalue weighted by atomic mass is 16.1. The van der Waals surface area contributed by atoms with Gasteiger partial charge in [-0.15, -0.1) is 5.10 Å². The fourth-order valence-electron chi connectivity index (χ4n) is 3.71. The molecular formula is C20H24N6O. The first-order valence-corrected chi connectivity index (χ1v) is 9.56. The van der Waals surface area contributed by atoms with Crippen molar-refractivity contribution in [3.8, 4) is 0 Å². The quantitative estimate of drug-likeness (QED) is 0.753. The molecular weight excluding hydrogens is 340 g/mol. The van der Waals surface area contributed by atoms with Crippen LogP contribution in [0.5, 0.6) is 0 Å². The summed E-state index contributed by atoms with van der Waals surface area (Å²) in [7, 11) is 0. The molecule has 0 unspecified atom stereocenters. The van der Waals surface area contributed by atoms with Crippen molar-refractivity contribution in [3.63, 3.8) is 0 Å². The number of benzene rings is 1. The van der Waals surface area contributed by atoms with Crippen LogP contribution in [0, 0.1) is 0 Å². The third kappa shape index (κ3) is 4.14. The number of nitrogens with zero attached hydrogens (tertiary/aromatic N) is 5. The Morgan fingerprint density at radius 1 is 1.04 bits per heavy atom. The molecule has 4 rings (SSSR count). The van der Waals surface area contributed by atoms with E-state index in [9.17, 15) is 4.79 Å². The van der Waals surface area contributed by atoms with Gasteiger partial charge < -0.3 is 5.32 Å². The molecule has 27 heavy (non-hydrogen) atoms. The van der Waals surface area contributed by atoms with E-state index in [0.29, 0.717) is 17.8 Å². The number of tetrazole rings is 1. The number of nitrogens with one attached hydrogen (secondary N) is 1. The van der Waals surface area contributed by atoms with Gasteiger partial charge in [0.25, 0.3) is 5.91 Å². The first kappa shape index (κ1) is 17.6. The number of pyridine rings is 1. The Kier molecular flexibility index (Phi) is 5.39. The first-order valence-electron chi connectivity index (χ1n) is 9.56. The van der Waals surface area contributed by atoms with Crippen molar-refractivity contribution < 1.29 is 4.79 Å². The summed E-state index contributed by atoms with van der Waals surface area (Å²) in [5.41, 5.74) is 2.42. The summed E-state index contributed by atoms with van der Waals surface area (Å²) < 4.78 is 1.51. The predicted molar refractivity (Wildman–Crippen MR) is 102 cm³/mol. The second kappa shape index (κ2) is 8.26. The molecule has 7 heteroatoms. The van der Waals surface area contributed by atoms with Crippen molar-refractivity contribution in [2.45, 2.75) is 31.7 Å². The summed E-state index contributed by atoms with van der Waals surface area (Å²) in [6.07, 6.45) is 6.67. The smallest absolute Gasteiger partial charge is 0.252 e. The van der Waals surface area contributed by atoms with Crippen LogP contribution in [0.3, 0.4) is 0 Å². The highest BCUT2D eigenvalue weighted by Crippen LogP contribution is 2.23. The van der Waals surface area contributed by atoms with Gasteiger partial charge in [0.2, 0.25) is 0 Å². The number of rotatable bonds is 5. The van der Waals surface area contributed by atoms with Crippen LogP contribution in [0.2, 0.25) is 0 Å². The molecule has 0 spiro atoms. The number of fused-ring (bicyclic) bond motifs is 1. The van der Waals surface area contributed by atoms with Gasteiger partial charge in [0.05, 0.1) is 11.6 Å². The Morgan fingerprint density at radius 2 is 1.81 bits per heavy atom. The molecule has 1 saturated heterocycles. The fraction of sp³-hybridized carbons (Fsp3) is 0.400. The molecule has 1 aliphatic rings. The summed E-state index contributed by atoms with van der Waals surface area (Å²) >= 11 is 0. The van der Waals surface area contributed by atoms with Gasteiger partial charge in [-0.05, 0) is 54.1 Å². The SMILES string of the molecule is O=C(NC[C@H](c1ccccc1)N1CCCCCC1)c1ccc2nnnn2c1. The maximum absolute atomic E-state index is 12.7. The van der Waals surface area contributed by atoms with E-state index in [1.165, 1.54) is 35.8 Å². The topological polar surface area (TPSA) is 75.4 Å². The Hall–Kier alpha value is -2.80. The molecule has 1 amide bonds. The number of carbonyl (C=O) groups excluding carboxylic acids is 1.